The summed E-state index contributed by atoms with van der Waals surface area (Å²) in [6.45, 7) is 5.28. The Morgan fingerprint density at radius 1 is 0.750 bits per heavy atom. The van der Waals surface area contributed by atoms with Crippen LogP contribution in [0.1, 0.15) is 31.1 Å². The molecule has 0 aliphatic rings. The minimum atomic E-state index is -5.98. The minimum Gasteiger partial charge on any atom is -0.456 e. The van der Waals surface area contributed by atoms with Crippen molar-refractivity contribution in [2.45, 2.75) is 31.9 Å². The summed E-state index contributed by atoms with van der Waals surface area (Å²) in [6.07, 6.45) is 0. The molecular formula is C33H25F3N2O5S. The fraction of sp³-hybridized carbons (Fsp3) is 0.152. The van der Waals surface area contributed by atoms with Crippen LogP contribution >= 0.6 is 0 Å². The maximum Gasteiger partial charge on any atom is 0.534 e. The molecule has 0 radical (unpaired) electrons. The summed E-state index contributed by atoms with van der Waals surface area (Å²) in [6, 6.07) is 27.3. The first-order valence-electron chi connectivity index (χ1n) is 13.5. The van der Waals surface area contributed by atoms with Crippen LogP contribution in [0.5, 0.6) is 5.75 Å². The zero-order chi connectivity index (χ0) is 31.4. The lowest BCUT2D eigenvalue weighted by Gasteiger charge is -2.19. The van der Waals surface area contributed by atoms with E-state index < -0.39 is 32.9 Å². The number of carbonyl (C=O) groups excluding carboxylic acids is 1. The third-order valence-corrected chi connectivity index (χ3v) is 7.87. The predicted molar refractivity (Wildman–Crippen MR) is 162 cm³/mol. The molecule has 0 fully saturated rings. The lowest BCUT2D eigenvalue weighted by atomic mass is 10.00. The Hall–Kier alpha value is -4.90. The Morgan fingerprint density at radius 2 is 1.30 bits per heavy atom. The third-order valence-electron chi connectivity index (χ3n) is 6.90. The van der Waals surface area contributed by atoms with Crippen LogP contribution in [-0.4, -0.2) is 35.0 Å². The van der Waals surface area contributed by atoms with Gasteiger partial charge in [-0.05, 0) is 67.9 Å². The van der Waals surface area contributed by atoms with E-state index in [1.807, 2.05) is 48.5 Å². The number of imidazole rings is 1. The molecule has 224 valence electrons. The summed E-state index contributed by atoms with van der Waals surface area (Å²) in [4.78, 5) is 17.6. The highest BCUT2D eigenvalue weighted by molar-refractivity contribution is 7.88. The number of hydrogen-bond donors (Lipinski definition) is 0. The zero-order valence-electron chi connectivity index (χ0n) is 23.7. The van der Waals surface area contributed by atoms with Crippen LogP contribution in [0, 0.1) is 0 Å². The van der Waals surface area contributed by atoms with E-state index in [9.17, 15) is 26.4 Å². The Morgan fingerprint density at radius 3 is 1.91 bits per heavy atom. The van der Waals surface area contributed by atoms with Crippen LogP contribution in [0.25, 0.3) is 49.7 Å². The second-order valence-electron chi connectivity index (χ2n) is 11.1. The molecule has 0 aliphatic heterocycles. The summed E-state index contributed by atoms with van der Waals surface area (Å²) in [5.74, 6) is -0.924. The van der Waals surface area contributed by atoms with E-state index in [2.05, 4.69) is 4.18 Å². The van der Waals surface area contributed by atoms with Crippen LogP contribution in [0.3, 0.4) is 0 Å². The van der Waals surface area contributed by atoms with Gasteiger partial charge < -0.3 is 8.92 Å². The molecule has 0 atom stereocenters. The van der Waals surface area contributed by atoms with Gasteiger partial charge in [0.15, 0.2) is 5.75 Å². The summed E-state index contributed by atoms with van der Waals surface area (Å²) in [5, 5.41) is 3.42. The highest BCUT2D eigenvalue weighted by atomic mass is 32.2. The minimum absolute atomic E-state index is 0.0147. The van der Waals surface area contributed by atoms with E-state index in [-0.39, 0.29) is 11.4 Å². The van der Waals surface area contributed by atoms with Crippen molar-refractivity contribution in [2.75, 3.05) is 0 Å². The molecule has 0 amide bonds. The van der Waals surface area contributed by atoms with E-state index in [1.165, 1.54) is 12.1 Å². The zero-order valence-corrected chi connectivity index (χ0v) is 24.5. The number of alkyl halides is 3. The highest BCUT2D eigenvalue weighted by Gasteiger charge is 2.49. The van der Waals surface area contributed by atoms with Gasteiger partial charge in [-0.3, -0.25) is 4.57 Å². The Labute approximate surface area is 250 Å². The molecule has 0 saturated carbocycles. The van der Waals surface area contributed by atoms with Crippen molar-refractivity contribution in [3.63, 3.8) is 0 Å². The largest absolute Gasteiger partial charge is 0.534 e. The van der Waals surface area contributed by atoms with E-state index in [4.69, 9.17) is 9.72 Å². The lowest BCUT2D eigenvalue weighted by molar-refractivity contribution is -0.0500. The van der Waals surface area contributed by atoms with E-state index in [0.29, 0.717) is 22.3 Å². The number of para-hydroxylation sites is 1. The van der Waals surface area contributed by atoms with Crippen molar-refractivity contribution >= 4 is 48.7 Å². The van der Waals surface area contributed by atoms with Crippen molar-refractivity contribution in [3.05, 3.63) is 103 Å². The van der Waals surface area contributed by atoms with Crippen LogP contribution in [0.4, 0.5) is 13.2 Å². The molecule has 11 heteroatoms. The maximum atomic E-state index is 13.3. The van der Waals surface area contributed by atoms with Gasteiger partial charge in [0.25, 0.3) is 0 Å². The fourth-order valence-electron chi connectivity index (χ4n) is 5.11. The first-order chi connectivity index (χ1) is 20.7. The number of hydrogen-bond acceptors (Lipinski definition) is 6. The van der Waals surface area contributed by atoms with Crippen molar-refractivity contribution in [3.8, 4) is 22.8 Å². The average molecular weight is 619 g/mol. The smallest absolute Gasteiger partial charge is 0.456 e. The molecule has 1 heterocycles. The van der Waals surface area contributed by atoms with Crippen LogP contribution < -0.4 is 4.18 Å². The van der Waals surface area contributed by atoms with E-state index in [0.717, 1.165) is 27.6 Å². The quantitative estimate of drug-likeness (QED) is 0.0838. The van der Waals surface area contributed by atoms with Crippen molar-refractivity contribution in [1.29, 1.82) is 0 Å². The van der Waals surface area contributed by atoms with Gasteiger partial charge in [0.1, 0.15) is 11.4 Å². The molecule has 0 N–H and O–H groups in total. The number of nitrogens with zero attached hydrogens (tertiary/aromatic N) is 2. The number of halogens is 3. The van der Waals surface area contributed by atoms with Gasteiger partial charge in [-0.25, -0.2) is 9.78 Å². The highest BCUT2D eigenvalue weighted by Crippen LogP contribution is 2.41. The number of esters is 1. The molecule has 0 unspecified atom stereocenters. The monoisotopic (exact) mass is 618 g/mol. The standard InChI is InChI=1S/C33H25F3N2O5S/c1-32(2,3)42-31(39)20-16-18-21(19-17-20)38-29-25-13-7-5-11-23(25)22-10-4-6-12-24(22)28(29)37-30(38)26-14-8-9-15-27(26)43-44(40,41)33(34,35)36/h4-19H,1-3H3. The number of fused-ring (bicyclic) bond motifs is 6. The molecule has 0 bridgehead atoms. The van der Waals surface area contributed by atoms with Crippen molar-refractivity contribution < 1.29 is 35.3 Å². The van der Waals surface area contributed by atoms with Gasteiger partial charge in [-0.2, -0.15) is 21.6 Å². The Kier molecular flexibility index (Phi) is 6.88. The van der Waals surface area contributed by atoms with Crippen LogP contribution in [0.2, 0.25) is 0 Å². The van der Waals surface area contributed by atoms with Crippen LogP contribution in [-0.2, 0) is 14.9 Å². The second kappa shape index (κ2) is 10.4. The van der Waals surface area contributed by atoms with Crippen molar-refractivity contribution in [2.24, 2.45) is 0 Å². The molecule has 0 saturated heterocycles. The Balaban J connectivity index is 1.67. The third kappa shape index (κ3) is 5.13. The van der Waals surface area contributed by atoms with Gasteiger partial charge >= 0.3 is 21.6 Å². The molecule has 6 aromatic rings. The van der Waals surface area contributed by atoms with E-state index in [1.54, 1.807) is 55.7 Å². The first kappa shape index (κ1) is 29.2. The van der Waals surface area contributed by atoms with Gasteiger partial charge in [-0.1, -0.05) is 60.7 Å². The number of rotatable bonds is 5. The molecule has 44 heavy (non-hydrogen) atoms. The lowest BCUT2D eigenvalue weighted by Crippen LogP contribution is -2.28. The second-order valence-corrected chi connectivity index (χ2v) is 12.6. The molecular weight excluding hydrogens is 593 g/mol. The molecule has 7 nitrogen and oxygen atoms in total. The van der Waals surface area contributed by atoms with Crippen LogP contribution in [0.15, 0.2) is 97.1 Å². The van der Waals surface area contributed by atoms with Crippen molar-refractivity contribution in [1.82, 2.24) is 9.55 Å². The predicted octanol–water partition coefficient (Wildman–Crippen LogP) is 8.18. The van der Waals surface area contributed by atoms with Gasteiger partial charge in [0.05, 0.1) is 22.2 Å². The molecule has 0 aliphatic carbocycles. The number of ether oxygens (including phenoxy) is 1. The summed E-state index contributed by atoms with van der Waals surface area (Å²) >= 11 is 0. The Bertz CT molecular complexity index is 2180. The normalized spacial score (nSPS) is 12.6. The number of benzene rings is 5. The van der Waals surface area contributed by atoms with Gasteiger partial charge in [0.2, 0.25) is 0 Å². The summed E-state index contributed by atoms with van der Waals surface area (Å²) in [5.41, 5.74) is -4.34. The summed E-state index contributed by atoms with van der Waals surface area (Å²) in [7, 11) is -5.98. The van der Waals surface area contributed by atoms with Gasteiger partial charge in [-0.15, -0.1) is 0 Å². The topological polar surface area (TPSA) is 87.5 Å². The number of carbonyl (C=O) groups is 1. The van der Waals surface area contributed by atoms with E-state index >= 15 is 0 Å². The number of aromatic nitrogens is 2. The average Bonchev–Trinajstić information content (AvgIpc) is 3.37. The molecule has 6 rings (SSSR count). The summed E-state index contributed by atoms with van der Waals surface area (Å²) < 4.78 is 76.0. The molecule has 5 aromatic carbocycles. The maximum absolute atomic E-state index is 13.3. The first-order valence-corrected chi connectivity index (χ1v) is 14.9. The molecule has 1 aromatic heterocycles. The SMILES string of the molecule is CC(C)(C)OC(=O)c1ccc(-n2c(-c3ccccc3OS(=O)(=O)C(F)(F)F)nc3c4ccccc4c4ccccc4c32)cc1. The molecule has 0 spiro atoms. The van der Waals surface area contributed by atoms with Gasteiger partial charge in [0, 0.05) is 16.5 Å². The fourth-order valence-corrected chi connectivity index (χ4v) is 5.59.